The van der Waals surface area contributed by atoms with Gasteiger partial charge in [-0.3, -0.25) is 9.59 Å². The summed E-state index contributed by atoms with van der Waals surface area (Å²) in [6, 6.07) is 16.9. The van der Waals surface area contributed by atoms with Gasteiger partial charge in [-0.2, -0.15) is 0 Å². The molecule has 2 amide bonds. The van der Waals surface area contributed by atoms with Gasteiger partial charge in [-0.1, -0.05) is 54.1 Å². The van der Waals surface area contributed by atoms with Gasteiger partial charge in [0.05, 0.1) is 5.75 Å². The average Bonchev–Trinajstić information content (AvgIpc) is 2.66. The lowest BCUT2D eigenvalue weighted by atomic mass is 10.1. The monoisotopic (exact) mass is 418 g/mol. The van der Waals surface area contributed by atoms with Crippen LogP contribution in [0.5, 0.6) is 0 Å². The van der Waals surface area contributed by atoms with E-state index in [2.05, 4.69) is 5.32 Å². The molecule has 0 fully saturated rings. The quantitative estimate of drug-likeness (QED) is 0.651. The Morgan fingerprint density at radius 2 is 1.71 bits per heavy atom. The number of nitrogens with one attached hydrogen (secondary N) is 1. The van der Waals surface area contributed by atoms with Crippen molar-refractivity contribution in [1.82, 2.24) is 10.2 Å². The first-order valence-electron chi connectivity index (χ1n) is 9.32. The molecule has 1 atom stereocenters. The molecule has 28 heavy (non-hydrogen) atoms. The Morgan fingerprint density at radius 3 is 2.36 bits per heavy atom. The van der Waals surface area contributed by atoms with E-state index in [-0.39, 0.29) is 17.9 Å². The molecule has 6 heteroatoms. The minimum absolute atomic E-state index is 0.0190. The van der Waals surface area contributed by atoms with Crippen molar-refractivity contribution in [3.63, 3.8) is 0 Å². The number of benzene rings is 2. The third-order valence-corrected chi connectivity index (χ3v) is 5.40. The van der Waals surface area contributed by atoms with Gasteiger partial charge in [0, 0.05) is 23.4 Å². The second kappa shape index (κ2) is 11.1. The van der Waals surface area contributed by atoms with Crippen LogP contribution in [-0.4, -0.2) is 34.6 Å². The van der Waals surface area contributed by atoms with Gasteiger partial charge in [0.2, 0.25) is 11.8 Å². The molecule has 150 valence electrons. The van der Waals surface area contributed by atoms with Crippen LogP contribution in [0, 0.1) is 0 Å². The maximum atomic E-state index is 12.9. The predicted molar refractivity (Wildman–Crippen MR) is 117 cm³/mol. The highest BCUT2D eigenvalue weighted by Gasteiger charge is 2.26. The van der Waals surface area contributed by atoms with Crippen LogP contribution in [-0.2, 0) is 21.9 Å². The van der Waals surface area contributed by atoms with Crippen molar-refractivity contribution in [1.29, 1.82) is 0 Å². The minimum Gasteiger partial charge on any atom is -0.352 e. The molecule has 1 N–H and O–H groups in total. The van der Waals surface area contributed by atoms with Gasteiger partial charge in [0.15, 0.2) is 0 Å². The van der Waals surface area contributed by atoms with Crippen molar-refractivity contribution in [2.24, 2.45) is 0 Å². The second-order valence-electron chi connectivity index (χ2n) is 6.97. The number of hydrogen-bond donors (Lipinski definition) is 1. The van der Waals surface area contributed by atoms with Crippen molar-refractivity contribution >= 4 is 35.2 Å². The topological polar surface area (TPSA) is 49.4 Å². The van der Waals surface area contributed by atoms with Crippen molar-refractivity contribution in [3.05, 3.63) is 70.7 Å². The molecule has 0 saturated carbocycles. The largest absolute Gasteiger partial charge is 0.352 e. The van der Waals surface area contributed by atoms with E-state index in [0.717, 1.165) is 11.3 Å². The van der Waals surface area contributed by atoms with E-state index in [0.29, 0.717) is 17.3 Å². The van der Waals surface area contributed by atoms with Crippen LogP contribution in [0.25, 0.3) is 0 Å². The molecule has 0 saturated heterocycles. The number of halogens is 1. The molecule has 0 aromatic heterocycles. The summed E-state index contributed by atoms with van der Waals surface area (Å²) in [5.74, 6) is 0.851. The minimum atomic E-state index is -0.564. The Bertz CT molecular complexity index is 783. The third kappa shape index (κ3) is 7.21. The highest BCUT2D eigenvalue weighted by molar-refractivity contribution is 7.99. The maximum Gasteiger partial charge on any atom is 0.242 e. The first kappa shape index (κ1) is 22.3. The first-order valence-corrected chi connectivity index (χ1v) is 10.9. The summed E-state index contributed by atoms with van der Waals surface area (Å²) in [4.78, 5) is 27.1. The zero-order valence-electron chi connectivity index (χ0n) is 16.5. The summed E-state index contributed by atoms with van der Waals surface area (Å²) in [5, 5.41) is 3.50. The Morgan fingerprint density at radius 1 is 1.04 bits per heavy atom. The Kier molecular flexibility index (Phi) is 8.87. The fourth-order valence-electron chi connectivity index (χ4n) is 2.73. The standard InChI is InChI=1S/C22H27ClN2O2S/c1-16(2)24-22(27)17(3)25(13-19-10-7-11-20(23)12-19)21(26)15-28-14-18-8-5-4-6-9-18/h4-12,16-17H,13-15H2,1-3H3,(H,24,27)/t17-/m1/s1. The summed E-state index contributed by atoms with van der Waals surface area (Å²) in [7, 11) is 0. The number of hydrogen-bond acceptors (Lipinski definition) is 3. The normalized spacial score (nSPS) is 11.9. The van der Waals surface area contributed by atoms with Crippen LogP contribution in [0.15, 0.2) is 54.6 Å². The molecule has 0 heterocycles. The molecule has 2 aromatic carbocycles. The number of thioether (sulfide) groups is 1. The van der Waals surface area contributed by atoms with Crippen LogP contribution in [0.4, 0.5) is 0 Å². The van der Waals surface area contributed by atoms with Gasteiger partial charge < -0.3 is 10.2 Å². The lowest BCUT2D eigenvalue weighted by Gasteiger charge is -2.29. The van der Waals surface area contributed by atoms with Gasteiger partial charge in [0.25, 0.3) is 0 Å². The highest BCUT2D eigenvalue weighted by atomic mass is 35.5. The van der Waals surface area contributed by atoms with Crippen LogP contribution in [0.3, 0.4) is 0 Å². The SMILES string of the molecule is CC(C)NC(=O)[C@@H](C)N(Cc1cccc(Cl)c1)C(=O)CSCc1ccccc1. The molecule has 0 aliphatic carbocycles. The van der Waals surface area contributed by atoms with E-state index in [1.807, 2.05) is 62.4 Å². The van der Waals surface area contributed by atoms with Gasteiger partial charge >= 0.3 is 0 Å². The molecule has 4 nitrogen and oxygen atoms in total. The number of rotatable bonds is 9. The third-order valence-electron chi connectivity index (χ3n) is 4.18. The number of carbonyl (C=O) groups is 2. The second-order valence-corrected chi connectivity index (χ2v) is 8.39. The number of amides is 2. The smallest absolute Gasteiger partial charge is 0.242 e. The van der Waals surface area contributed by atoms with E-state index in [1.165, 1.54) is 5.56 Å². The highest BCUT2D eigenvalue weighted by Crippen LogP contribution is 2.17. The van der Waals surface area contributed by atoms with E-state index < -0.39 is 6.04 Å². The molecule has 0 radical (unpaired) electrons. The molecule has 2 aromatic rings. The van der Waals surface area contributed by atoms with Crippen LogP contribution in [0.2, 0.25) is 5.02 Å². The number of nitrogens with zero attached hydrogens (tertiary/aromatic N) is 1. The zero-order valence-corrected chi connectivity index (χ0v) is 18.1. The van der Waals surface area contributed by atoms with Crippen molar-refractivity contribution < 1.29 is 9.59 Å². The fourth-order valence-corrected chi connectivity index (χ4v) is 3.82. The Labute approximate surface area is 176 Å². The lowest BCUT2D eigenvalue weighted by Crippen LogP contribution is -2.49. The van der Waals surface area contributed by atoms with Gasteiger partial charge in [-0.15, -0.1) is 11.8 Å². The maximum absolute atomic E-state index is 12.9. The molecular formula is C22H27ClN2O2S. The van der Waals surface area contributed by atoms with Crippen molar-refractivity contribution in [2.75, 3.05) is 5.75 Å². The number of carbonyl (C=O) groups excluding carboxylic acids is 2. The molecule has 0 aliphatic rings. The van der Waals surface area contributed by atoms with Gasteiger partial charge in [-0.25, -0.2) is 0 Å². The summed E-state index contributed by atoms with van der Waals surface area (Å²) in [6.45, 7) is 5.92. The van der Waals surface area contributed by atoms with Crippen LogP contribution in [0.1, 0.15) is 31.9 Å². The molecule has 0 aliphatic heterocycles. The summed E-state index contributed by atoms with van der Waals surface area (Å²) in [6.07, 6.45) is 0. The van der Waals surface area contributed by atoms with E-state index >= 15 is 0 Å². The van der Waals surface area contributed by atoms with E-state index in [4.69, 9.17) is 11.6 Å². The van der Waals surface area contributed by atoms with Crippen LogP contribution < -0.4 is 5.32 Å². The Balaban J connectivity index is 2.07. The lowest BCUT2D eigenvalue weighted by molar-refractivity contribution is -0.138. The predicted octanol–water partition coefficient (Wildman–Crippen LogP) is 4.52. The van der Waals surface area contributed by atoms with E-state index in [9.17, 15) is 9.59 Å². The summed E-state index contributed by atoms with van der Waals surface area (Å²) >= 11 is 7.63. The van der Waals surface area contributed by atoms with E-state index in [1.54, 1.807) is 29.7 Å². The molecule has 0 spiro atoms. The van der Waals surface area contributed by atoms with Crippen LogP contribution >= 0.6 is 23.4 Å². The molecular weight excluding hydrogens is 392 g/mol. The Hall–Kier alpha value is -1.98. The summed E-state index contributed by atoms with van der Waals surface area (Å²) in [5.41, 5.74) is 2.07. The summed E-state index contributed by atoms with van der Waals surface area (Å²) < 4.78 is 0. The van der Waals surface area contributed by atoms with Crippen molar-refractivity contribution in [2.45, 2.75) is 45.2 Å². The van der Waals surface area contributed by atoms with Gasteiger partial charge in [0.1, 0.15) is 6.04 Å². The first-order chi connectivity index (χ1) is 13.4. The molecule has 2 rings (SSSR count). The van der Waals surface area contributed by atoms with Gasteiger partial charge in [-0.05, 0) is 44.0 Å². The average molecular weight is 419 g/mol. The fraction of sp³-hybridized carbons (Fsp3) is 0.364. The molecule has 0 unspecified atom stereocenters. The van der Waals surface area contributed by atoms with Crippen molar-refractivity contribution in [3.8, 4) is 0 Å². The zero-order chi connectivity index (χ0) is 20.5. The molecule has 0 bridgehead atoms.